The second-order valence-corrected chi connectivity index (χ2v) is 11.3. The van der Waals surface area contributed by atoms with E-state index >= 15 is 0 Å². The van der Waals surface area contributed by atoms with E-state index in [4.69, 9.17) is 29.3 Å². The number of thioether (sulfide) groups is 1. The number of methoxy groups -OCH3 is 3. The Bertz CT molecular complexity index is 1770. The minimum absolute atomic E-state index is 0.0876. The molecule has 0 saturated carbocycles. The summed E-state index contributed by atoms with van der Waals surface area (Å²) in [6.45, 7) is 4.23. The van der Waals surface area contributed by atoms with E-state index in [-0.39, 0.29) is 11.7 Å². The number of anilines is 2. The van der Waals surface area contributed by atoms with E-state index in [0.717, 1.165) is 48.8 Å². The Morgan fingerprint density at radius 1 is 1.07 bits per heavy atom. The van der Waals surface area contributed by atoms with Gasteiger partial charge in [-0.25, -0.2) is 14.4 Å². The van der Waals surface area contributed by atoms with Crippen LogP contribution in [0.1, 0.15) is 35.8 Å². The zero-order valence-corrected chi connectivity index (χ0v) is 25.7. The van der Waals surface area contributed by atoms with Crippen LogP contribution < -0.4 is 24.4 Å². The van der Waals surface area contributed by atoms with Crippen molar-refractivity contribution in [2.75, 3.05) is 50.9 Å². The average Bonchev–Trinajstić information content (AvgIpc) is 3.64. The van der Waals surface area contributed by atoms with Gasteiger partial charge in [0.1, 0.15) is 11.5 Å². The number of aromatic nitrogens is 6. The Hall–Kier alpha value is -4.26. The fourth-order valence-corrected chi connectivity index (χ4v) is 6.15. The third kappa shape index (κ3) is 5.49. The molecular formula is C30H35FN8O3S. The van der Waals surface area contributed by atoms with Gasteiger partial charge in [0.25, 0.3) is 0 Å². The van der Waals surface area contributed by atoms with E-state index < -0.39 is 5.82 Å². The van der Waals surface area contributed by atoms with Crippen molar-refractivity contribution < 1.29 is 18.6 Å². The Morgan fingerprint density at radius 2 is 1.91 bits per heavy atom. The molecule has 1 N–H and O–H groups in total. The number of ether oxygens (including phenoxy) is 3. The molecule has 3 aromatic heterocycles. The molecule has 0 amide bonds. The van der Waals surface area contributed by atoms with E-state index in [9.17, 15) is 4.39 Å². The van der Waals surface area contributed by atoms with Gasteiger partial charge in [-0.15, -0.1) is 16.9 Å². The molecule has 0 bridgehead atoms. The number of rotatable bonds is 10. The van der Waals surface area contributed by atoms with E-state index in [0.29, 0.717) is 46.4 Å². The van der Waals surface area contributed by atoms with E-state index in [1.165, 1.54) is 13.2 Å². The zero-order valence-electron chi connectivity index (χ0n) is 24.9. The number of piperidine rings is 1. The zero-order chi connectivity index (χ0) is 30.1. The molecule has 2 aromatic carbocycles. The van der Waals surface area contributed by atoms with Gasteiger partial charge in [-0.05, 0) is 44.2 Å². The SMILES string of the molecule is COc1ccc(CNc2nc3cc(OC)c(F)cc3c3nc([C@@H]4CCCN(c5cnn(CSC)c5C)C4)nn23)c(OC)c1. The van der Waals surface area contributed by atoms with Crippen LogP contribution in [0.2, 0.25) is 0 Å². The maximum Gasteiger partial charge on any atom is 0.226 e. The summed E-state index contributed by atoms with van der Waals surface area (Å²) in [6.07, 6.45) is 5.98. The van der Waals surface area contributed by atoms with Crippen LogP contribution in [0.15, 0.2) is 36.5 Å². The highest BCUT2D eigenvalue weighted by molar-refractivity contribution is 7.97. The molecule has 1 aliphatic rings. The number of nitrogens with zero attached hydrogens (tertiary/aromatic N) is 7. The first-order valence-corrected chi connectivity index (χ1v) is 15.5. The average molecular weight is 607 g/mol. The van der Waals surface area contributed by atoms with Gasteiger partial charge >= 0.3 is 0 Å². The van der Waals surface area contributed by atoms with Gasteiger partial charge in [0.15, 0.2) is 23.0 Å². The van der Waals surface area contributed by atoms with Crippen LogP contribution in [0.3, 0.4) is 0 Å². The Kier molecular flexibility index (Phi) is 8.15. The molecule has 1 saturated heterocycles. The fourth-order valence-electron chi connectivity index (χ4n) is 5.65. The molecule has 6 rings (SSSR count). The number of hydrogen-bond acceptors (Lipinski definition) is 10. The largest absolute Gasteiger partial charge is 0.497 e. The molecule has 0 aliphatic carbocycles. The second-order valence-electron chi connectivity index (χ2n) is 10.5. The highest BCUT2D eigenvalue weighted by Gasteiger charge is 2.28. The fraction of sp³-hybridized carbons (Fsp3) is 0.400. The Balaban J connectivity index is 1.37. The smallest absolute Gasteiger partial charge is 0.226 e. The molecule has 1 fully saturated rings. The van der Waals surface area contributed by atoms with E-state index in [2.05, 4.69) is 28.5 Å². The van der Waals surface area contributed by atoms with Crippen molar-refractivity contribution in [3.05, 3.63) is 59.4 Å². The first kappa shape index (κ1) is 28.8. The third-order valence-electron chi connectivity index (χ3n) is 7.95. The molecule has 1 aliphatic heterocycles. The standard InChI is InChI=1S/C30H35FN8O3S/c1-18-25(15-33-38(18)17-43-5)37-10-6-7-20(16-37)28-35-29-22-12-23(31)27(42-4)13-24(22)34-30(39(29)36-28)32-14-19-8-9-21(40-2)11-26(19)41-3/h8-9,11-13,15,20H,6-7,10,14,16-17H2,1-5H3,(H,32,34)/t20-/m1/s1. The van der Waals surface area contributed by atoms with Gasteiger partial charge in [0.2, 0.25) is 5.95 Å². The molecule has 0 spiro atoms. The molecule has 0 radical (unpaired) electrons. The topological polar surface area (TPSA) is 104 Å². The lowest BCUT2D eigenvalue weighted by Crippen LogP contribution is -2.35. The summed E-state index contributed by atoms with van der Waals surface area (Å²) >= 11 is 1.74. The maximum atomic E-state index is 14.9. The molecule has 5 aromatic rings. The van der Waals surface area contributed by atoms with Crippen LogP contribution in [0.25, 0.3) is 16.6 Å². The predicted molar refractivity (Wildman–Crippen MR) is 166 cm³/mol. The monoisotopic (exact) mass is 606 g/mol. The lowest BCUT2D eigenvalue weighted by Gasteiger charge is -2.32. The highest BCUT2D eigenvalue weighted by atomic mass is 32.2. The van der Waals surface area contributed by atoms with E-state index in [1.807, 2.05) is 29.1 Å². The summed E-state index contributed by atoms with van der Waals surface area (Å²) in [5.41, 5.74) is 4.29. The first-order valence-electron chi connectivity index (χ1n) is 14.1. The van der Waals surface area contributed by atoms with Gasteiger partial charge in [-0.1, -0.05) is 0 Å². The van der Waals surface area contributed by atoms with Crippen molar-refractivity contribution in [3.8, 4) is 17.2 Å². The summed E-state index contributed by atoms with van der Waals surface area (Å²) in [6, 6.07) is 8.67. The van der Waals surface area contributed by atoms with Crippen LogP contribution in [-0.4, -0.2) is 70.0 Å². The van der Waals surface area contributed by atoms with Crippen LogP contribution >= 0.6 is 11.8 Å². The molecule has 4 heterocycles. The number of fused-ring (bicyclic) bond motifs is 3. The number of halogens is 1. The maximum absolute atomic E-state index is 14.9. The number of hydrogen-bond donors (Lipinski definition) is 1. The molecule has 43 heavy (non-hydrogen) atoms. The van der Waals surface area contributed by atoms with Crippen molar-refractivity contribution in [2.24, 2.45) is 0 Å². The molecule has 13 heteroatoms. The highest BCUT2D eigenvalue weighted by Crippen LogP contribution is 2.33. The Labute approximate surface area is 253 Å². The van der Waals surface area contributed by atoms with E-state index in [1.54, 1.807) is 36.6 Å². The lowest BCUT2D eigenvalue weighted by atomic mass is 9.97. The van der Waals surface area contributed by atoms with Gasteiger partial charge in [0, 0.05) is 48.6 Å². The summed E-state index contributed by atoms with van der Waals surface area (Å²) in [5.74, 6) is 3.12. The van der Waals surface area contributed by atoms with Crippen LogP contribution in [-0.2, 0) is 12.4 Å². The van der Waals surface area contributed by atoms with Crippen molar-refractivity contribution in [1.82, 2.24) is 29.4 Å². The minimum atomic E-state index is -0.478. The van der Waals surface area contributed by atoms with Crippen LogP contribution in [0.5, 0.6) is 17.2 Å². The predicted octanol–water partition coefficient (Wildman–Crippen LogP) is 5.26. The minimum Gasteiger partial charge on any atom is -0.497 e. The molecule has 0 unspecified atom stereocenters. The normalized spacial score (nSPS) is 15.3. The second kappa shape index (κ2) is 12.2. The van der Waals surface area contributed by atoms with Crippen molar-refractivity contribution in [1.29, 1.82) is 0 Å². The molecule has 1 atom stereocenters. The summed E-state index contributed by atoms with van der Waals surface area (Å²) < 4.78 is 34.8. The first-order chi connectivity index (χ1) is 20.9. The summed E-state index contributed by atoms with van der Waals surface area (Å²) in [7, 11) is 4.68. The number of benzene rings is 2. The molecule has 226 valence electrons. The van der Waals surface area contributed by atoms with Crippen LogP contribution in [0, 0.1) is 12.7 Å². The van der Waals surface area contributed by atoms with Gasteiger partial charge < -0.3 is 24.4 Å². The van der Waals surface area contributed by atoms with Gasteiger partial charge in [-0.3, -0.25) is 4.68 Å². The Morgan fingerprint density at radius 3 is 2.67 bits per heavy atom. The summed E-state index contributed by atoms with van der Waals surface area (Å²) in [5, 5.41) is 13.5. The quantitative estimate of drug-likeness (QED) is 0.226. The third-order valence-corrected chi connectivity index (χ3v) is 8.45. The summed E-state index contributed by atoms with van der Waals surface area (Å²) in [4.78, 5) is 12.2. The number of nitrogens with one attached hydrogen (secondary N) is 1. The van der Waals surface area contributed by atoms with Crippen molar-refractivity contribution >= 4 is 39.9 Å². The van der Waals surface area contributed by atoms with Crippen molar-refractivity contribution in [2.45, 2.75) is 38.1 Å². The lowest BCUT2D eigenvalue weighted by molar-refractivity contribution is 0.387. The van der Waals surface area contributed by atoms with Gasteiger partial charge in [-0.2, -0.15) is 9.61 Å². The molecular weight excluding hydrogens is 571 g/mol. The van der Waals surface area contributed by atoms with Crippen molar-refractivity contribution in [3.63, 3.8) is 0 Å². The molecule has 11 nitrogen and oxygen atoms in total. The van der Waals surface area contributed by atoms with Gasteiger partial charge in [0.05, 0.1) is 50.3 Å². The van der Waals surface area contributed by atoms with Crippen LogP contribution in [0.4, 0.5) is 16.0 Å².